The molecule has 0 radical (unpaired) electrons. The molecule has 1 heterocycles. The quantitative estimate of drug-likeness (QED) is 0.548. The third kappa shape index (κ3) is 5.51. The number of benzene rings is 2. The van der Waals surface area contributed by atoms with E-state index in [0.29, 0.717) is 11.0 Å². The standard InChI is InChI=1S/C21H25N3OS.ClH/c1-14-6-8-17(9-7-14)20-22-21(26-23-20)25-19-13-15(2)18(12-16(19)3)10-11-24(4)5;/h6-9,12-13H,10-11H2,1-5H3;1H. The van der Waals surface area contributed by atoms with Crippen molar-refractivity contribution in [2.45, 2.75) is 27.2 Å². The second kappa shape index (κ2) is 9.31. The van der Waals surface area contributed by atoms with E-state index in [4.69, 9.17) is 4.74 Å². The highest BCUT2D eigenvalue weighted by atomic mass is 35.5. The third-order valence-corrected chi connectivity index (χ3v) is 4.97. The van der Waals surface area contributed by atoms with Crippen LogP contribution >= 0.6 is 23.9 Å². The number of ether oxygens (including phenoxy) is 1. The number of nitrogens with zero attached hydrogens (tertiary/aromatic N) is 3. The van der Waals surface area contributed by atoms with Crippen LogP contribution in [0.3, 0.4) is 0 Å². The molecule has 0 saturated heterocycles. The Kier molecular flexibility index (Phi) is 7.36. The molecule has 0 aliphatic carbocycles. The molecule has 27 heavy (non-hydrogen) atoms. The summed E-state index contributed by atoms with van der Waals surface area (Å²) in [6.07, 6.45) is 1.04. The van der Waals surface area contributed by atoms with Gasteiger partial charge in [0.25, 0.3) is 5.19 Å². The first-order valence-corrected chi connectivity index (χ1v) is 9.53. The Morgan fingerprint density at radius 3 is 2.37 bits per heavy atom. The van der Waals surface area contributed by atoms with E-state index in [1.165, 1.54) is 28.2 Å². The topological polar surface area (TPSA) is 38.2 Å². The van der Waals surface area contributed by atoms with E-state index in [0.717, 1.165) is 29.8 Å². The smallest absolute Gasteiger partial charge is 0.299 e. The Bertz CT molecular complexity index is 891. The van der Waals surface area contributed by atoms with Crippen LogP contribution in [-0.4, -0.2) is 34.9 Å². The van der Waals surface area contributed by atoms with Crippen molar-refractivity contribution in [3.05, 3.63) is 58.7 Å². The number of hydrogen-bond acceptors (Lipinski definition) is 5. The molecule has 3 rings (SSSR count). The molecule has 0 fully saturated rings. The predicted octanol–water partition coefficient (Wildman–Crippen LogP) is 5.45. The highest BCUT2D eigenvalue weighted by Gasteiger charge is 2.12. The van der Waals surface area contributed by atoms with Gasteiger partial charge in [-0.25, -0.2) is 0 Å². The molecule has 0 saturated carbocycles. The minimum atomic E-state index is 0. The van der Waals surface area contributed by atoms with Crippen LogP contribution in [0.2, 0.25) is 0 Å². The predicted molar refractivity (Wildman–Crippen MR) is 116 cm³/mol. The van der Waals surface area contributed by atoms with E-state index in [-0.39, 0.29) is 12.4 Å². The molecule has 0 atom stereocenters. The first-order valence-electron chi connectivity index (χ1n) is 8.76. The Hall–Kier alpha value is -1.95. The van der Waals surface area contributed by atoms with Crippen LogP contribution in [0, 0.1) is 20.8 Å². The summed E-state index contributed by atoms with van der Waals surface area (Å²) in [5.74, 6) is 1.56. The lowest BCUT2D eigenvalue weighted by molar-refractivity contribution is 0.413. The number of rotatable bonds is 6. The van der Waals surface area contributed by atoms with E-state index < -0.39 is 0 Å². The van der Waals surface area contributed by atoms with E-state index in [1.807, 2.05) is 12.1 Å². The molecule has 1 aromatic heterocycles. The van der Waals surface area contributed by atoms with Crippen molar-refractivity contribution < 1.29 is 4.74 Å². The molecular formula is C21H26ClN3OS. The first-order chi connectivity index (χ1) is 12.4. The summed E-state index contributed by atoms with van der Waals surface area (Å²) in [6, 6.07) is 12.5. The number of aryl methyl sites for hydroxylation is 3. The Morgan fingerprint density at radius 1 is 1.00 bits per heavy atom. The summed E-state index contributed by atoms with van der Waals surface area (Å²) < 4.78 is 10.5. The van der Waals surface area contributed by atoms with Crippen molar-refractivity contribution in [1.29, 1.82) is 0 Å². The van der Waals surface area contributed by atoms with Crippen LogP contribution in [0.25, 0.3) is 11.4 Å². The molecule has 0 amide bonds. The highest BCUT2D eigenvalue weighted by Crippen LogP contribution is 2.31. The summed E-state index contributed by atoms with van der Waals surface area (Å²) in [5.41, 5.74) is 5.96. The molecule has 0 aliphatic heterocycles. The average Bonchev–Trinajstić information content (AvgIpc) is 3.05. The number of aromatic nitrogens is 2. The molecular weight excluding hydrogens is 378 g/mol. The second-order valence-corrected chi connectivity index (χ2v) is 7.66. The van der Waals surface area contributed by atoms with Crippen molar-refractivity contribution >= 4 is 23.9 Å². The minimum Gasteiger partial charge on any atom is -0.430 e. The fourth-order valence-electron chi connectivity index (χ4n) is 2.74. The largest absolute Gasteiger partial charge is 0.430 e. The maximum atomic E-state index is 6.03. The first kappa shape index (κ1) is 21.4. The Balaban J connectivity index is 0.00000261. The van der Waals surface area contributed by atoms with Gasteiger partial charge in [-0.15, -0.1) is 12.4 Å². The lowest BCUT2D eigenvalue weighted by Crippen LogP contribution is -2.15. The lowest BCUT2D eigenvalue weighted by atomic mass is 10.0. The van der Waals surface area contributed by atoms with E-state index in [2.05, 4.69) is 73.4 Å². The van der Waals surface area contributed by atoms with Crippen LogP contribution in [0.1, 0.15) is 22.3 Å². The molecule has 144 valence electrons. The van der Waals surface area contributed by atoms with Crippen molar-refractivity contribution in [3.8, 4) is 22.3 Å². The summed E-state index contributed by atoms with van der Waals surface area (Å²) >= 11 is 1.29. The molecule has 2 aromatic carbocycles. The fourth-order valence-corrected chi connectivity index (χ4v) is 3.30. The molecule has 0 spiro atoms. The van der Waals surface area contributed by atoms with Gasteiger partial charge in [0, 0.05) is 23.6 Å². The maximum absolute atomic E-state index is 6.03. The van der Waals surface area contributed by atoms with Crippen molar-refractivity contribution in [3.63, 3.8) is 0 Å². The Labute approximate surface area is 171 Å². The lowest BCUT2D eigenvalue weighted by Gasteiger charge is -2.14. The van der Waals surface area contributed by atoms with Gasteiger partial charge in [-0.05, 0) is 64.0 Å². The van der Waals surface area contributed by atoms with Gasteiger partial charge in [-0.1, -0.05) is 35.9 Å². The second-order valence-electron chi connectivity index (χ2n) is 6.95. The highest BCUT2D eigenvalue weighted by molar-refractivity contribution is 7.07. The summed E-state index contributed by atoms with van der Waals surface area (Å²) in [7, 11) is 4.20. The van der Waals surface area contributed by atoms with Gasteiger partial charge in [0.15, 0.2) is 5.82 Å². The van der Waals surface area contributed by atoms with E-state index >= 15 is 0 Å². The molecule has 0 unspecified atom stereocenters. The van der Waals surface area contributed by atoms with Gasteiger partial charge in [0.1, 0.15) is 5.75 Å². The molecule has 0 bridgehead atoms. The zero-order chi connectivity index (χ0) is 18.7. The van der Waals surface area contributed by atoms with E-state index in [1.54, 1.807) is 0 Å². The third-order valence-electron chi connectivity index (χ3n) is 4.38. The van der Waals surface area contributed by atoms with Crippen molar-refractivity contribution in [2.24, 2.45) is 0 Å². The summed E-state index contributed by atoms with van der Waals surface area (Å²) in [5, 5.41) is 0.573. The van der Waals surface area contributed by atoms with Gasteiger partial charge in [-0.2, -0.15) is 9.36 Å². The van der Waals surface area contributed by atoms with Gasteiger partial charge in [-0.3, -0.25) is 0 Å². The van der Waals surface area contributed by atoms with Crippen LogP contribution in [0.5, 0.6) is 10.9 Å². The molecule has 3 aromatic rings. The normalized spacial score (nSPS) is 10.7. The van der Waals surface area contributed by atoms with E-state index in [9.17, 15) is 0 Å². The number of hydrogen-bond donors (Lipinski definition) is 0. The minimum absolute atomic E-state index is 0. The van der Waals surface area contributed by atoms with Crippen LogP contribution in [-0.2, 0) is 6.42 Å². The van der Waals surface area contributed by atoms with Crippen molar-refractivity contribution in [2.75, 3.05) is 20.6 Å². The average molecular weight is 404 g/mol. The number of likely N-dealkylation sites (N-methyl/N-ethyl adjacent to an activating group) is 1. The summed E-state index contributed by atoms with van der Waals surface area (Å²) in [4.78, 5) is 6.74. The molecule has 6 heteroatoms. The molecule has 0 aliphatic rings. The Morgan fingerprint density at radius 2 is 1.70 bits per heavy atom. The SMILES string of the molecule is Cc1ccc(-c2nsc(Oc3cc(C)c(CCN(C)C)cc3C)n2)cc1.Cl. The van der Waals surface area contributed by atoms with Crippen LogP contribution in [0.4, 0.5) is 0 Å². The zero-order valence-electron chi connectivity index (χ0n) is 16.4. The van der Waals surface area contributed by atoms with Gasteiger partial charge < -0.3 is 9.64 Å². The molecule has 4 nitrogen and oxygen atoms in total. The zero-order valence-corrected chi connectivity index (χ0v) is 18.1. The van der Waals surface area contributed by atoms with Gasteiger partial charge in [0.05, 0.1) is 0 Å². The maximum Gasteiger partial charge on any atom is 0.299 e. The monoisotopic (exact) mass is 403 g/mol. The number of halogens is 1. The fraction of sp³-hybridized carbons (Fsp3) is 0.333. The van der Waals surface area contributed by atoms with Gasteiger partial charge in [0.2, 0.25) is 0 Å². The van der Waals surface area contributed by atoms with Gasteiger partial charge >= 0.3 is 0 Å². The van der Waals surface area contributed by atoms with Crippen molar-refractivity contribution in [1.82, 2.24) is 14.3 Å². The van der Waals surface area contributed by atoms with Crippen LogP contribution < -0.4 is 4.74 Å². The van der Waals surface area contributed by atoms with Crippen LogP contribution in [0.15, 0.2) is 36.4 Å². The summed E-state index contributed by atoms with van der Waals surface area (Å²) in [6.45, 7) is 7.32. The molecule has 0 N–H and O–H groups in total.